The number of anilines is 1. The van der Waals surface area contributed by atoms with Crippen LogP contribution in [0.4, 0.5) is 5.69 Å². The summed E-state index contributed by atoms with van der Waals surface area (Å²) in [5.41, 5.74) is 6.25. The minimum atomic E-state index is -0.133. The number of nitrogens with zero attached hydrogens (tertiary/aromatic N) is 1. The molecule has 2 nitrogen and oxygen atoms in total. The molecule has 0 spiro atoms. The van der Waals surface area contributed by atoms with Crippen LogP contribution in [-0.2, 0) is 18.2 Å². The average Bonchev–Trinajstić information content (AvgIpc) is 2.86. The highest BCUT2D eigenvalue weighted by Gasteiger charge is 2.31. The van der Waals surface area contributed by atoms with Crippen LogP contribution < -0.4 is 10.2 Å². The summed E-state index contributed by atoms with van der Waals surface area (Å²) in [5, 5.41) is 12.0. The van der Waals surface area contributed by atoms with Gasteiger partial charge >= 0.3 is 0 Å². The van der Waals surface area contributed by atoms with Crippen molar-refractivity contribution < 1.29 is 5.11 Å². The van der Waals surface area contributed by atoms with E-state index in [-0.39, 0.29) is 5.16 Å². The van der Waals surface area contributed by atoms with Gasteiger partial charge in [-0.1, -0.05) is 120 Å². The Morgan fingerprint density at radius 1 is 0.743 bits per heavy atom. The number of hydrogen-bond donors (Lipinski definition) is 1. The van der Waals surface area contributed by atoms with Crippen LogP contribution in [0.2, 0.25) is 0 Å². The molecule has 0 radical (unpaired) electrons. The van der Waals surface area contributed by atoms with Crippen LogP contribution in [0.15, 0.2) is 103 Å². The van der Waals surface area contributed by atoms with Crippen molar-refractivity contribution in [2.75, 3.05) is 4.90 Å². The lowest BCUT2D eigenvalue weighted by atomic mass is 9.94. The van der Waals surface area contributed by atoms with E-state index in [2.05, 4.69) is 111 Å². The molecule has 0 saturated heterocycles. The predicted octanol–water partition coefficient (Wildman–Crippen LogP) is 7.93. The Kier molecular flexibility index (Phi) is 8.26. The van der Waals surface area contributed by atoms with E-state index < -0.39 is 0 Å². The van der Waals surface area contributed by atoms with Gasteiger partial charge in [0.1, 0.15) is 5.75 Å². The normalized spacial score (nSPS) is 13.1. The molecule has 0 aliphatic rings. The Morgan fingerprint density at radius 2 is 1.31 bits per heavy atom. The first-order valence-corrected chi connectivity index (χ1v) is 13.5. The highest BCUT2D eigenvalue weighted by molar-refractivity contribution is 7.49. The van der Waals surface area contributed by atoms with Gasteiger partial charge in [-0.25, -0.2) is 0 Å². The molecule has 1 N–H and O–H groups in total. The first-order chi connectivity index (χ1) is 17.0. The molecule has 4 rings (SSSR count). The van der Waals surface area contributed by atoms with E-state index in [1.807, 2.05) is 18.2 Å². The van der Waals surface area contributed by atoms with E-state index in [0.29, 0.717) is 14.3 Å². The Balaban J connectivity index is 1.78. The predicted molar refractivity (Wildman–Crippen MR) is 152 cm³/mol. The maximum absolute atomic E-state index is 10.8. The number of rotatable bonds is 10. The zero-order valence-electron chi connectivity index (χ0n) is 21.0. The van der Waals surface area contributed by atoms with Crippen LogP contribution in [0.1, 0.15) is 48.9 Å². The number of para-hydroxylation sites is 1. The van der Waals surface area contributed by atoms with E-state index in [9.17, 15) is 5.11 Å². The van der Waals surface area contributed by atoms with Crippen molar-refractivity contribution >= 4 is 19.6 Å². The molecule has 0 saturated carbocycles. The number of hydrogen-bond acceptors (Lipinski definition) is 2. The van der Waals surface area contributed by atoms with Gasteiger partial charge in [0.05, 0.1) is 0 Å². The molecule has 0 heterocycles. The third-order valence-electron chi connectivity index (χ3n) is 6.67. The lowest BCUT2D eigenvalue weighted by Crippen LogP contribution is -2.29. The van der Waals surface area contributed by atoms with Gasteiger partial charge in [-0.05, 0) is 47.5 Å². The van der Waals surface area contributed by atoms with Crippen molar-refractivity contribution in [1.29, 1.82) is 0 Å². The molecule has 0 aliphatic carbocycles. The maximum atomic E-state index is 10.8. The van der Waals surface area contributed by atoms with Crippen molar-refractivity contribution in [2.24, 2.45) is 0 Å². The second-order valence-corrected chi connectivity index (χ2v) is 11.4. The average molecular weight is 482 g/mol. The molecule has 0 fully saturated rings. The van der Waals surface area contributed by atoms with Crippen LogP contribution in [0.5, 0.6) is 5.75 Å². The molecular weight excluding hydrogens is 445 g/mol. The summed E-state index contributed by atoms with van der Waals surface area (Å²) in [4.78, 5) is 2.51. The molecule has 2 atom stereocenters. The van der Waals surface area contributed by atoms with Crippen LogP contribution in [0.3, 0.4) is 0 Å². The Bertz CT molecular complexity index is 1180. The van der Waals surface area contributed by atoms with Crippen LogP contribution in [0.25, 0.3) is 0 Å². The van der Waals surface area contributed by atoms with Gasteiger partial charge in [0.2, 0.25) is 0 Å². The molecule has 0 amide bonds. The molecule has 0 bridgehead atoms. The third kappa shape index (κ3) is 6.13. The van der Waals surface area contributed by atoms with Gasteiger partial charge in [-0.3, -0.25) is 0 Å². The van der Waals surface area contributed by atoms with Gasteiger partial charge < -0.3 is 10.0 Å². The smallest absolute Gasteiger partial charge is 0.119 e. The standard InChI is InChI=1S/C32H36NOP/c1-4-22-32(3,28-19-11-12-21-30(28)34)35-31-25(2)14-13-20-29(31)33(23-26-15-7-5-8-16-26)24-27-17-9-6-10-18-27/h5-21,34-35H,4,22-24H2,1-3H3. The van der Waals surface area contributed by atoms with E-state index in [0.717, 1.165) is 31.5 Å². The number of aryl methyl sites for hydroxylation is 1. The molecule has 0 aliphatic heterocycles. The largest absolute Gasteiger partial charge is 0.508 e. The van der Waals surface area contributed by atoms with Crippen LogP contribution >= 0.6 is 8.58 Å². The minimum Gasteiger partial charge on any atom is -0.508 e. The minimum absolute atomic E-state index is 0.133. The van der Waals surface area contributed by atoms with Crippen molar-refractivity contribution in [3.05, 3.63) is 125 Å². The monoisotopic (exact) mass is 481 g/mol. The van der Waals surface area contributed by atoms with Crippen molar-refractivity contribution in [2.45, 2.75) is 51.9 Å². The van der Waals surface area contributed by atoms with Gasteiger partial charge in [-0.15, -0.1) is 0 Å². The summed E-state index contributed by atoms with van der Waals surface area (Å²) in [6, 6.07) is 36.0. The number of aromatic hydroxyl groups is 1. The summed E-state index contributed by atoms with van der Waals surface area (Å²) in [6.45, 7) is 8.47. The molecule has 35 heavy (non-hydrogen) atoms. The third-order valence-corrected chi connectivity index (χ3v) is 8.64. The molecule has 2 unspecified atom stereocenters. The Morgan fingerprint density at radius 3 is 1.89 bits per heavy atom. The first kappa shape index (κ1) is 25.0. The van der Waals surface area contributed by atoms with Gasteiger partial charge in [0.25, 0.3) is 0 Å². The summed E-state index contributed by atoms with van der Waals surface area (Å²) >= 11 is 0. The fraction of sp³-hybridized carbons (Fsp3) is 0.250. The first-order valence-electron chi connectivity index (χ1n) is 12.5. The highest BCUT2D eigenvalue weighted by Crippen LogP contribution is 2.49. The number of phenolic OH excluding ortho intramolecular Hbond substituents is 1. The second-order valence-electron chi connectivity index (χ2n) is 9.52. The quantitative estimate of drug-likeness (QED) is 0.233. The number of phenols is 1. The van der Waals surface area contributed by atoms with Gasteiger partial charge in [0, 0.05) is 29.5 Å². The lowest BCUT2D eigenvalue weighted by molar-refractivity contribution is 0.453. The highest BCUT2D eigenvalue weighted by atomic mass is 31.1. The summed E-state index contributed by atoms with van der Waals surface area (Å²) in [5.74, 6) is 0.400. The molecular formula is C32H36NOP. The zero-order valence-corrected chi connectivity index (χ0v) is 22.0. The van der Waals surface area contributed by atoms with Crippen LogP contribution in [-0.4, -0.2) is 5.11 Å². The van der Waals surface area contributed by atoms with Gasteiger partial charge in [0.15, 0.2) is 0 Å². The van der Waals surface area contributed by atoms with Crippen molar-refractivity contribution in [3.63, 3.8) is 0 Å². The van der Waals surface area contributed by atoms with Crippen molar-refractivity contribution in [1.82, 2.24) is 0 Å². The maximum Gasteiger partial charge on any atom is 0.119 e. The van der Waals surface area contributed by atoms with E-state index in [1.165, 1.54) is 27.7 Å². The molecule has 0 aromatic heterocycles. The fourth-order valence-corrected chi connectivity index (χ4v) is 6.82. The summed E-state index contributed by atoms with van der Waals surface area (Å²) in [6.07, 6.45) is 2.09. The van der Waals surface area contributed by atoms with E-state index in [4.69, 9.17) is 0 Å². The summed E-state index contributed by atoms with van der Waals surface area (Å²) in [7, 11) is 0.539. The van der Waals surface area contributed by atoms with E-state index in [1.54, 1.807) is 0 Å². The zero-order chi connectivity index (χ0) is 24.7. The van der Waals surface area contributed by atoms with Gasteiger partial charge in [-0.2, -0.15) is 0 Å². The molecule has 3 heteroatoms. The fourth-order valence-electron chi connectivity index (χ4n) is 4.89. The Hall–Kier alpha value is -3.09. The molecule has 4 aromatic carbocycles. The van der Waals surface area contributed by atoms with Crippen molar-refractivity contribution in [3.8, 4) is 5.75 Å². The second kappa shape index (κ2) is 11.6. The number of benzene rings is 4. The topological polar surface area (TPSA) is 23.5 Å². The SMILES string of the molecule is CCCC(C)(Pc1c(C)cccc1N(Cc1ccccc1)Cc1ccccc1)c1ccccc1O. The summed E-state index contributed by atoms with van der Waals surface area (Å²) < 4.78 is 0. The molecule has 4 aromatic rings. The van der Waals surface area contributed by atoms with Crippen LogP contribution in [0, 0.1) is 6.92 Å². The Labute approximate surface area is 212 Å². The van der Waals surface area contributed by atoms with E-state index >= 15 is 0 Å². The molecule has 180 valence electrons. The lowest BCUT2D eigenvalue weighted by Gasteiger charge is -2.35.